The number of likely N-dealkylation sites (N-methyl/N-ethyl adjacent to an activating group) is 2. The summed E-state index contributed by atoms with van der Waals surface area (Å²) in [6, 6.07) is 0. The monoisotopic (exact) mass is 599 g/mol. The molecule has 0 aliphatic heterocycles. The van der Waals surface area contributed by atoms with Crippen LogP contribution in [-0.4, -0.2) is 80.5 Å². The first-order chi connectivity index (χ1) is 20.4. The van der Waals surface area contributed by atoms with Crippen LogP contribution in [0, 0.1) is 5.92 Å². The van der Waals surface area contributed by atoms with Gasteiger partial charge < -0.3 is 19.1 Å². The zero-order valence-corrected chi connectivity index (χ0v) is 28.8. The van der Waals surface area contributed by atoms with Gasteiger partial charge in [0.25, 0.3) is 0 Å². The van der Waals surface area contributed by atoms with Gasteiger partial charge in [-0.2, -0.15) is 0 Å². The second-order valence-corrected chi connectivity index (χ2v) is 11.9. The van der Waals surface area contributed by atoms with Crippen molar-refractivity contribution in [2.24, 2.45) is 5.92 Å². The Morgan fingerprint density at radius 2 is 1.12 bits per heavy atom. The molecule has 7 nitrogen and oxygen atoms in total. The van der Waals surface area contributed by atoms with Crippen LogP contribution in [0.1, 0.15) is 151 Å². The number of esters is 1. The van der Waals surface area contributed by atoms with Gasteiger partial charge in [0.05, 0.1) is 6.61 Å². The first-order valence-corrected chi connectivity index (χ1v) is 17.9. The van der Waals surface area contributed by atoms with Crippen LogP contribution in [0.5, 0.6) is 0 Å². The van der Waals surface area contributed by atoms with Gasteiger partial charge in [-0.3, -0.25) is 9.69 Å². The summed E-state index contributed by atoms with van der Waals surface area (Å²) in [5.74, 6) is 0.347. The summed E-state index contributed by atoms with van der Waals surface area (Å²) in [5.41, 5.74) is 0. The van der Waals surface area contributed by atoms with Crippen LogP contribution in [0.2, 0.25) is 0 Å². The third-order valence-corrected chi connectivity index (χ3v) is 8.41. The molecule has 0 saturated carbocycles. The van der Waals surface area contributed by atoms with Gasteiger partial charge in [0.2, 0.25) is 0 Å². The first-order valence-electron chi connectivity index (χ1n) is 17.9. The van der Waals surface area contributed by atoms with Crippen LogP contribution in [0.25, 0.3) is 0 Å². The van der Waals surface area contributed by atoms with Gasteiger partial charge in [-0.25, -0.2) is 4.79 Å². The Labute approximate surface area is 260 Å². The molecule has 0 radical (unpaired) electrons. The lowest BCUT2D eigenvalue weighted by molar-refractivity contribution is -0.145. The number of unbranched alkanes of at least 4 members (excludes halogenated alkanes) is 8. The molecule has 2 atom stereocenters. The number of nitrogens with zero attached hydrogens (tertiary/aromatic N) is 2. The zero-order chi connectivity index (χ0) is 31.3. The predicted octanol–water partition coefficient (Wildman–Crippen LogP) is 9.02. The van der Waals surface area contributed by atoms with Crippen molar-refractivity contribution in [3.8, 4) is 0 Å². The maximum absolute atomic E-state index is 12.5. The van der Waals surface area contributed by atoms with Crippen LogP contribution in [0.15, 0.2) is 0 Å². The molecule has 0 amide bonds. The minimum Gasteiger partial charge on any atom is -0.465 e. The molecular formula is C35H70N2O5. The Morgan fingerprint density at radius 3 is 1.76 bits per heavy atom. The quantitative estimate of drug-likeness (QED) is 0.0603. The van der Waals surface area contributed by atoms with E-state index < -0.39 is 6.16 Å². The highest BCUT2D eigenvalue weighted by Crippen LogP contribution is 2.19. The molecule has 0 aromatic carbocycles. The smallest absolute Gasteiger partial charge is 0.465 e. The van der Waals surface area contributed by atoms with Gasteiger partial charge in [0.1, 0.15) is 12.7 Å². The summed E-state index contributed by atoms with van der Waals surface area (Å²) in [5, 5.41) is 0. The van der Waals surface area contributed by atoms with Gasteiger partial charge in [-0.15, -0.1) is 0 Å². The van der Waals surface area contributed by atoms with Crippen molar-refractivity contribution in [2.75, 3.05) is 52.5 Å². The molecule has 0 aromatic rings. The SMILES string of the molecule is CCCCCCCC(CCCC(=O)OCC(CCCC)CCCCCC)OC(=O)OCCN(CC)CCN(CC)CC. The largest absolute Gasteiger partial charge is 0.508 e. The molecule has 7 heteroatoms. The van der Waals surface area contributed by atoms with Crippen molar-refractivity contribution in [3.05, 3.63) is 0 Å². The minimum absolute atomic E-state index is 0.126. The van der Waals surface area contributed by atoms with Crippen molar-refractivity contribution < 1.29 is 23.8 Å². The second-order valence-electron chi connectivity index (χ2n) is 11.9. The van der Waals surface area contributed by atoms with Gasteiger partial charge in [-0.05, 0) is 64.1 Å². The molecule has 0 aliphatic carbocycles. The second kappa shape index (κ2) is 29.7. The summed E-state index contributed by atoms with van der Waals surface area (Å²) < 4.78 is 16.9. The molecule has 2 unspecified atom stereocenters. The van der Waals surface area contributed by atoms with Crippen molar-refractivity contribution in [3.63, 3.8) is 0 Å². The lowest BCUT2D eigenvalue weighted by atomic mass is 9.96. The molecule has 0 saturated heterocycles. The van der Waals surface area contributed by atoms with E-state index in [0.29, 0.717) is 44.9 Å². The van der Waals surface area contributed by atoms with E-state index in [1.165, 1.54) is 57.8 Å². The van der Waals surface area contributed by atoms with E-state index in [4.69, 9.17) is 14.2 Å². The number of carbonyl (C=O) groups is 2. The number of carbonyl (C=O) groups excluding carboxylic acids is 2. The van der Waals surface area contributed by atoms with Gasteiger partial charge in [0, 0.05) is 26.1 Å². The highest BCUT2D eigenvalue weighted by molar-refractivity contribution is 5.69. The summed E-state index contributed by atoms with van der Waals surface area (Å²) in [7, 11) is 0. The van der Waals surface area contributed by atoms with Crippen LogP contribution >= 0.6 is 0 Å². The summed E-state index contributed by atoms with van der Waals surface area (Å²) in [6.07, 6.45) is 17.2. The fraction of sp³-hybridized carbons (Fsp3) is 0.943. The summed E-state index contributed by atoms with van der Waals surface area (Å²) in [6.45, 7) is 19.7. The molecule has 0 bridgehead atoms. The van der Waals surface area contributed by atoms with Crippen LogP contribution in [-0.2, 0) is 19.0 Å². The molecule has 0 fully saturated rings. The molecule has 250 valence electrons. The minimum atomic E-state index is -0.585. The van der Waals surface area contributed by atoms with E-state index in [1.54, 1.807) is 0 Å². The maximum atomic E-state index is 12.5. The van der Waals surface area contributed by atoms with Crippen LogP contribution in [0.4, 0.5) is 4.79 Å². The Hall–Kier alpha value is -1.34. The van der Waals surface area contributed by atoms with Gasteiger partial charge in [-0.1, -0.05) is 106 Å². The van der Waals surface area contributed by atoms with Crippen molar-refractivity contribution in [1.82, 2.24) is 9.80 Å². The van der Waals surface area contributed by atoms with E-state index >= 15 is 0 Å². The van der Waals surface area contributed by atoms with E-state index in [2.05, 4.69) is 51.3 Å². The van der Waals surface area contributed by atoms with E-state index in [0.717, 1.165) is 64.8 Å². The summed E-state index contributed by atoms with van der Waals surface area (Å²) >= 11 is 0. The van der Waals surface area contributed by atoms with Gasteiger partial charge >= 0.3 is 12.1 Å². The number of hydrogen-bond acceptors (Lipinski definition) is 7. The third kappa shape index (κ3) is 24.1. The van der Waals surface area contributed by atoms with E-state index in [1.807, 2.05) is 0 Å². The average Bonchev–Trinajstić information content (AvgIpc) is 2.99. The van der Waals surface area contributed by atoms with E-state index in [-0.39, 0.29) is 12.1 Å². The van der Waals surface area contributed by atoms with Gasteiger partial charge in [0.15, 0.2) is 0 Å². The topological polar surface area (TPSA) is 68.3 Å². The third-order valence-electron chi connectivity index (χ3n) is 8.41. The van der Waals surface area contributed by atoms with E-state index in [9.17, 15) is 9.59 Å². The highest BCUT2D eigenvalue weighted by Gasteiger charge is 2.18. The standard InChI is InChI=1S/C35H70N2O5/c1-7-13-16-18-20-24-33(42-35(39)40-30-29-37(12-6)28-27-36(10-4)11-5)25-21-26-34(38)41-31-32(22-15-9-3)23-19-17-14-8-2/h32-33H,7-31H2,1-6H3. The molecule has 0 spiro atoms. The lowest BCUT2D eigenvalue weighted by Crippen LogP contribution is -2.37. The highest BCUT2D eigenvalue weighted by atomic mass is 16.7. The molecule has 0 aromatic heterocycles. The number of ether oxygens (including phenoxy) is 3. The fourth-order valence-corrected chi connectivity index (χ4v) is 5.34. The van der Waals surface area contributed by atoms with Crippen LogP contribution < -0.4 is 0 Å². The van der Waals surface area contributed by atoms with Crippen molar-refractivity contribution in [1.29, 1.82) is 0 Å². The molecule has 0 N–H and O–H groups in total. The Morgan fingerprint density at radius 1 is 0.571 bits per heavy atom. The molecule has 42 heavy (non-hydrogen) atoms. The lowest BCUT2D eigenvalue weighted by Gasteiger charge is -2.25. The Balaban J connectivity index is 4.60. The fourth-order valence-electron chi connectivity index (χ4n) is 5.34. The van der Waals surface area contributed by atoms with Crippen LogP contribution in [0.3, 0.4) is 0 Å². The van der Waals surface area contributed by atoms with Crippen molar-refractivity contribution >= 4 is 12.1 Å². The molecule has 0 heterocycles. The molecular weight excluding hydrogens is 528 g/mol. The normalized spacial score (nSPS) is 13.0. The molecule has 0 aliphatic rings. The maximum Gasteiger partial charge on any atom is 0.508 e. The number of hydrogen-bond donors (Lipinski definition) is 0. The summed E-state index contributed by atoms with van der Waals surface area (Å²) in [4.78, 5) is 29.8. The zero-order valence-electron chi connectivity index (χ0n) is 28.8. The Kier molecular flexibility index (Phi) is 28.8. The predicted molar refractivity (Wildman–Crippen MR) is 176 cm³/mol. The molecule has 0 rings (SSSR count). The average molecular weight is 599 g/mol. The Bertz CT molecular complexity index is 614. The van der Waals surface area contributed by atoms with Crippen molar-refractivity contribution in [2.45, 2.75) is 157 Å². The first kappa shape index (κ1) is 40.7. The number of rotatable bonds is 30.